The predicted octanol–water partition coefficient (Wildman–Crippen LogP) is 4.83. The number of anilines is 1. The Morgan fingerprint density at radius 2 is 2.10 bits per heavy atom. The van der Waals surface area contributed by atoms with Crippen molar-refractivity contribution < 1.29 is 9.53 Å². The smallest absolute Gasteiger partial charge is 0.415 e. The van der Waals surface area contributed by atoms with Gasteiger partial charge in [0.15, 0.2) is 3.92 Å². The number of ether oxygens (including phenoxy) is 1. The Kier molecular flexibility index (Phi) is 3.53. The first-order chi connectivity index (χ1) is 9.85. The number of amides is 1. The molecule has 0 aliphatic carbocycles. The van der Waals surface area contributed by atoms with Crippen molar-refractivity contribution in [2.24, 2.45) is 0 Å². The fourth-order valence-electron chi connectivity index (χ4n) is 2.26. The number of hydrogen-bond donors (Lipinski definition) is 0. The highest BCUT2D eigenvalue weighted by atomic mass is 79.9. The molecule has 3 rings (SSSR count). The highest BCUT2D eigenvalue weighted by Crippen LogP contribution is 2.42. The number of halogens is 1. The number of fused-ring (bicyclic) bond motifs is 3. The van der Waals surface area contributed by atoms with Gasteiger partial charge in [-0.2, -0.15) is 0 Å². The van der Waals surface area contributed by atoms with E-state index in [1.54, 1.807) is 16.2 Å². The summed E-state index contributed by atoms with van der Waals surface area (Å²) in [7, 11) is 0. The van der Waals surface area contributed by atoms with E-state index in [1.165, 1.54) is 0 Å². The average Bonchev–Trinajstić information content (AvgIpc) is 2.76. The number of benzene rings is 1. The van der Waals surface area contributed by atoms with Gasteiger partial charge < -0.3 is 4.74 Å². The largest absolute Gasteiger partial charge is 0.443 e. The lowest BCUT2D eigenvalue weighted by molar-refractivity contribution is 0.0577. The summed E-state index contributed by atoms with van der Waals surface area (Å²) in [6, 6.07) is 7.78. The Bertz CT molecular complexity index is 706. The summed E-state index contributed by atoms with van der Waals surface area (Å²) in [4.78, 5) is 19.7. The zero-order chi connectivity index (χ0) is 15.2. The molecule has 0 saturated heterocycles. The zero-order valence-corrected chi connectivity index (χ0v) is 14.4. The molecular formula is C15H15BrN2O2S. The van der Waals surface area contributed by atoms with Crippen LogP contribution in [0.3, 0.4) is 0 Å². The lowest BCUT2D eigenvalue weighted by Gasteiger charge is -2.31. The van der Waals surface area contributed by atoms with Crippen molar-refractivity contribution in [1.82, 2.24) is 4.98 Å². The van der Waals surface area contributed by atoms with Crippen molar-refractivity contribution in [2.75, 3.05) is 4.90 Å². The van der Waals surface area contributed by atoms with Gasteiger partial charge in [-0.25, -0.2) is 9.78 Å². The molecule has 1 aliphatic heterocycles. The molecule has 1 aliphatic rings. The van der Waals surface area contributed by atoms with E-state index in [0.29, 0.717) is 6.54 Å². The number of carbonyl (C=O) groups excluding carboxylic acids is 1. The lowest BCUT2D eigenvalue weighted by atomic mass is 10.0. The highest BCUT2D eigenvalue weighted by molar-refractivity contribution is 9.11. The van der Waals surface area contributed by atoms with Gasteiger partial charge in [-0.3, -0.25) is 4.90 Å². The molecule has 6 heteroatoms. The summed E-state index contributed by atoms with van der Waals surface area (Å²) in [5.41, 5.74) is 2.24. The maximum atomic E-state index is 12.5. The maximum absolute atomic E-state index is 12.5. The third kappa shape index (κ3) is 2.82. The minimum atomic E-state index is -0.513. The minimum Gasteiger partial charge on any atom is -0.443 e. The molecule has 0 unspecified atom stereocenters. The fraction of sp³-hybridized carbons (Fsp3) is 0.333. The van der Waals surface area contributed by atoms with E-state index in [9.17, 15) is 4.79 Å². The van der Waals surface area contributed by atoms with Gasteiger partial charge in [0.05, 0.1) is 22.8 Å². The molecule has 4 nitrogen and oxygen atoms in total. The number of carbonyl (C=O) groups is 1. The second-order valence-electron chi connectivity index (χ2n) is 5.82. The van der Waals surface area contributed by atoms with Crippen LogP contribution in [0, 0.1) is 0 Å². The molecule has 21 heavy (non-hydrogen) atoms. The Labute approximate surface area is 135 Å². The molecule has 0 bridgehead atoms. The summed E-state index contributed by atoms with van der Waals surface area (Å²) in [5, 5.41) is 0. The zero-order valence-electron chi connectivity index (χ0n) is 12.0. The van der Waals surface area contributed by atoms with Crippen molar-refractivity contribution in [2.45, 2.75) is 32.9 Å². The van der Waals surface area contributed by atoms with Crippen molar-refractivity contribution in [3.63, 3.8) is 0 Å². The molecule has 0 radical (unpaired) electrons. The van der Waals surface area contributed by atoms with Crippen LogP contribution in [0.15, 0.2) is 28.2 Å². The molecule has 1 aromatic carbocycles. The summed E-state index contributed by atoms with van der Waals surface area (Å²) in [6.45, 7) is 6.10. The minimum absolute atomic E-state index is 0.329. The lowest BCUT2D eigenvalue weighted by Crippen LogP contribution is -2.37. The van der Waals surface area contributed by atoms with E-state index in [-0.39, 0.29) is 6.09 Å². The third-order valence-electron chi connectivity index (χ3n) is 3.04. The Morgan fingerprint density at radius 3 is 2.81 bits per heavy atom. The van der Waals surface area contributed by atoms with Crippen LogP contribution < -0.4 is 4.90 Å². The first-order valence-corrected chi connectivity index (χ1v) is 8.21. The van der Waals surface area contributed by atoms with Gasteiger partial charge in [0, 0.05) is 5.56 Å². The van der Waals surface area contributed by atoms with Crippen molar-refractivity contribution >= 4 is 39.0 Å². The van der Waals surface area contributed by atoms with Gasteiger partial charge in [-0.05, 0) is 42.8 Å². The van der Waals surface area contributed by atoms with Crippen LogP contribution in [0.2, 0.25) is 0 Å². The Balaban J connectivity index is 2.04. The summed E-state index contributed by atoms with van der Waals surface area (Å²) < 4.78 is 6.34. The monoisotopic (exact) mass is 366 g/mol. The number of thiazole rings is 1. The number of para-hydroxylation sites is 1. The van der Waals surface area contributed by atoms with Gasteiger partial charge >= 0.3 is 6.09 Å². The molecule has 2 heterocycles. The van der Waals surface area contributed by atoms with Crippen LogP contribution in [-0.2, 0) is 11.3 Å². The summed E-state index contributed by atoms with van der Waals surface area (Å²) >= 11 is 4.97. The van der Waals surface area contributed by atoms with Gasteiger partial charge in [-0.1, -0.05) is 18.2 Å². The van der Waals surface area contributed by atoms with Crippen LogP contribution in [0.1, 0.15) is 25.6 Å². The molecule has 0 fully saturated rings. The molecule has 110 valence electrons. The second kappa shape index (κ2) is 5.10. The highest BCUT2D eigenvalue weighted by Gasteiger charge is 2.31. The molecule has 1 amide bonds. The maximum Gasteiger partial charge on any atom is 0.415 e. The van der Waals surface area contributed by atoms with Crippen LogP contribution in [0.5, 0.6) is 0 Å². The third-order valence-corrected chi connectivity index (χ3v) is 4.53. The fourth-order valence-corrected chi connectivity index (χ4v) is 3.81. The molecule has 1 aromatic heterocycles. The average molecular weight is 367 g/mol. The van der Waals surface area contributed by atoms with Crippen molar-refractivity contribution in [3.05, 3.63) is 33.1 Å². The normalized spacial score (nSPS) is 13.6. The molecule has 0 N–H and O–H groups in total. The number of rotatable bonds is 0. The van der Waals surface area contributed by atoms with E-state index in [2.05, 4.69) is 20.9 Å². The van der Waals surface area contributed by atoms with Gasteiger partial charge in [0.25, 0.3) is 0 Å². The van der Waals surface area contributed by atoms with Crippen LogP contribution in [0.25, 0.3) is 11.3 Å². The van der Waals surface area contributed by atoms with E-state index >= 15 is 0 Å². The number of nitrogens with zero attached hydrogens (tertiary/aromatic N) is 2. The first-order valence-electron chi connectivity index (χ1n) is 6.60. The first kappa shape index (κ1) is 14.5. The predicted molar refractivity (Wildman–Crippen MR) is 87.7 cm³/mol. The quantitative estimate of drug-likeness (QED) is 0.670. The molecule has 0 atom stereocenters. The second-order valence-corrected chi connectivity index (χ2v) is 8.18. The van der Waals surface area contributed by atoms with E-state index in [0.717, 1.165) is 25.7 Å². The summed E-state index contributed by atoms with van der Waals surface area (Å²) in [6.07, 6.45) is -0.329. The molecular weight excluding hydrogens is 352 g/mol. The van der Waals surface area contributed by atoms with E-state index in [1.807, 2.05) is 45.0 Å². The number of hydrogen-bond acceptors (Lipinski definition) is 4. The van der Waals surface area contributed by atoms with Gasteiger partial charge in [0.1, 0.15) is 5.60 Å². The van der Waals surface area contributed by atoms with Crippen LogP contribution in [-0.4, -0.2) is 16.7 Å². The SMILES string of the molecule is CC(C)(C)OC(=O)N1Cc2sc(Br)nc2-c2ccccc21. The topological polar surface area (TPSA) is 42.4 Å². The van der Waals surface area contributed by atoms with E-state index < -0.39 is 5.60 Å². The van der Waals surface area contributed by atoms with Crippen molar-refractivity contribution in [3.8, 4) is 11.3 Å². The molecule has 0 spiro atoms. The van der Waals surface area contributed by atoms with Gasteiger partial charge in [0.2, 0.25) is 0 Å². The number of aromatic nitrogens is 1. The Morgan fingerprint density at radius 1 is 1.38 bits per heavy atom. The summed E-state index contributed by atoms with van der Waals surface area (Å²) in [5.74, 6) is 0. The van der Waals surface area contributed by atoms with Gasteiger partial charge in [-0.15, -0.1) is 11.3 Å². The molecule has 2 aromatic rings. The van der Waals surface area contributed by atoms with Crippen LogP contribution >= 0.6 is 27.3 Å². The van der Waals surface area contributed by atoms with E-state index in [4.69, 9.17) is 4.74 Å². The van der Waals surface area contributed by atoms with Crippen LogP contribution in [0.4, 0.5) is 10.5 Å². The van der Waals surface area contributed by atoms with Crippen molar-refractivity contribution in [1.29, 1.82) is 0 Å². The molecule has 0 saturated carbocycles. The Hall–Kier alpha value is -1.40. The standard InChI is InChI=1S/C15H15BrN2O2S/c1-15(2,3)20-14(19)18-8-11-12(17-13(16)21-11)9-6-4-5-7-10(9)18/h4-7H,8H2,1-3H3.